The van der Waals surface area contributed by atoms with E-state index in [9.17, 15) is 13.2 Å². The van der Waals surface area contributed by atoms with Gasteiger partial charge in [-0.3, -0.25) is 4.79 Å². The summed E-state index contributed by atoms with van der Waals surface area (Å²) in [6.07, 6.45) is 4.29. The Morgan fingerprint density at radius 2 is 1.73 bits per heavy atom. The lowest BCUT2D eigenvalue weighted by molar-refractivity contribution is -0.140. The van der Waals surface area contributed by atoms with Crippen molar-refractivity contribution < 1.29 is 13.2 Å². The van der Waals surface area contributed by atoms with E-state index in [1.807, 2.05) is 24.0 Å². The standard InChI is InChI=1S/C19H29N3O3S/c1-15-5-7-18(8-6-15)26(24,25)21-12-9-16(10-13-21)19(23)22-11-3-2-4-17(22)14-20/h5-8,16-17H,2-4,9-14,20H2,1H3. The van der Waals surface area contributed by atoms with E-state index in [1.165, 1.54) is 4.31 Å². The number of piperidine rings is 2. The number of likely N-dealkylation sites (tertiary alicyclic amines) is 1. The molecule has 1 unspecified atom stereocenters. The van der Waals surface area contributed by atoms with Crippen LogP contribution in [0.4, 0.5) is 0 Å². The van der Waals surface area contributed by atoms with Gasteiger partial charge < -0.3 is 10.6 Å². The minimum absolute atomic E-state index is 0.0911. The van der Waals surface area contributed by atoms with Crippen LogP contribution in [0.1, 0.15) is 37.7 Å². The van der Waals surface area contributed by atoms with Crippen LogP contribution in [0.2, 0.25) is 0 Å². The molecule has 3 rings (SSSR count). The van der Waals surface area contributed by atoms with Crippen LogP contribution in [0, 0.1) is 12.8 Å². The van der Waals surface area contributed by atoms with E-state index >= 15 is 0 Å². The van der Waals surface area contributed by atoms with Crippen LogP contribution < -0.4 is 5.73 Å². The number of aryl methyl sites for hydroxylation is 1. The zero-order valence-corrected chi connectivity index (χ0v) is 16.2. The molecule has 2 fully saturated rings. The molecule has 2 heterocycles. The van der Waals surface area contributed by atoms with Crippen molar-refractivity contribution in [3.63, 3.8) is 0 Å². The first-order valence-corrected chi connectivity index (χ1v) is 10.9. The monoisotopic (exact) mass is 379 g/mol. The van der Waals surface area contributed by atoms with Gasteiger partial charge in [-0.25, -0.2) is 8.42 Å². The average Bonchev–Trinajstić information content (AvgIpc) is 2.68. The van der Waals surface area contributed by atoms with Crippen molar-refractivity contribution in [2.75, 3.05) is 26.2 Å². The minimum Gasteiger partial charge on any atom is -0.338 e. The number of amides is 1. The van der Waals surface area contributed by atoms with E-state index in [0.29, 0.717) is 37.4 Å². The molecule has 2 N–H and O–H groups in total. The number of hydrogen-bond donors (Lipinski definition) is 1. The minimum atomic E-state index is -3.48. The maximum Gasteiger partial charge on any atom is 0.243 e. The molecular formula is C19H29N3O3S. The summed E-state index contributed by atoms with van der Waals surface area (Å²) in [5.41, 5.74) is 6.87. The normalized spacial score (nSPS) is 23.2. The van der Waals surface area contributed by atoms with Gasteiger partial charge in [0.15, 0.2) is 0 Å². The SMILES string of the molecule is Cc1ccc(S(=O)(=O)N2CCC(C(=O)N3CCCCC3CN)CC2)cc1. The summed E-state index contributed by atoms with van der Waals surface area (Å²) in [7, 11) is -3.48. The number of carbonyl (C=O) groups excluding carboxylic acids is 1. The van der Waals surface area contributed by atoms with Gasteiger partial charge in [-0.05, 0) is 51.2 Å². The van der Waals surface area contributed by atoms with Crippen molar-refractivity contribution in [1.29, 1.82) is 0 Å². The van der Waals surface area contributed by atoms with Crippen molar-refractivity contribution >= 4 is 15.9 Å². The Kier molecular flexibility index (Phi) is 5.99. The van der Waals surface area contributed by atoms with Gasteiger partial charge in [0.25, 0.3) is 0 Å². The molecule has 2 saturated heterocycles. The Hall–Kier alpha value is -1.44. The zero-order chi connectivity index (χ0) is 18.7. The molecule has 0 saturated carbocycles. The van der Waals surface area contributed by atoms with E-state index in [-0.39, 0.29) is 17.9 Å². The lowest BCUT2D eigenvalue weighted by Crippen LogP contribution is -2.51. The Labute approximate surface area is 156 Å². The van der Waals surface area contributed by atoms with Gasteiger partial charge in [0.2, 0.25) is 15.9 Å². The molecule has 1 amide bonds. The average molecular weight is 380 g/mol. The van der Waals surface area contributed by atoms with Crippen LogP contribution in [0.25, 0.3) is 0 Å². The van der Waals surface area contributed by atoms with Crippen LogP contribution >= 0.6 is 0 Å². The highest BCUT2D eigenvalue weighted by atomic mass is 32.2. The molecule has 2 aliphatic rings. The summed E-state index contributed by atoms with van der Waals surface area (Å²) in [5.74, 6) is 0.0687. The molecule has 1 aromatic carbocycles. The fourth-order valence-electron chi connectivity index (χ4n) is 3.97. The van der Waals surface area contributed by atoms with Crippen molar-refractivity contribution in [1.82, 2.24) is 9.21 Å². The third-order valence-electron chi connectivity index (χ3n) is 5.64. The summed E-state index contributed by atoms with van der Waals surface area (Å²) in [5, 5.41) is 0. The Balaban J connectivity index is 1.63. The maximum absolute atomic E-state index is 12.9. The molecule has 0 aliphatic carbocycles. The Morgan fingerprint density at radius 3 is 2.35 bits per heavy atom. The second kappa shape index (κ2) is 8.06. The number of nitrogens with two attached hydrogens (primary N) is 1. The molecule has 26 heavy (non-hydrogen) atoms. The number of carbonyl (C=O) groups is 1. The molecule has 0 radical (unpaired) electrons. The van der Waals surface area contributed by atoms with Crippen LogP contribution in [0.3, 0.4) is 0 Å². The van der Waals surface area contributed by atoms with Crippen LogP contribution in [0.15, 0.2) is 29.2 Å². The Bertz CT molecular complexity index is 725. The van der Waals surface area contributed by atoms with Crippen molar-refractivity contribution in [3.05, 3.63) is 29.8 Å². The van der Waals surface area contributed by atoms with Crippen LogP contribution in [-0.4, -0.2) is 55.8 Å². The lowest BCUT2D eigenvalue weighted by atomic mass is 9.93. The number of nitrogens with zero attached hydrogens (tertiary/aromatic N) is 2. The fourth-order valence-corrected chi connectivity index (χ4v) is 5.44. The summed E-state index contributed by atoms with van der Waals surface area (Å²) < 4.78 is 27.1. The van der Waals surface area contributed by atoms with Crippen molar-refractivity contribution in [3.8, 4) is 0 Å². The zero-order valence-electron chi connectivity index (χ0n) is 15.4. The molecule has 6 nitrogen and oxygen atoms in total. The summed E-state index contributed by atoms with van der Waals surface area (Å²) in [6, 6.07) is 7.08. The van der Waals surface area contributed by atoms with E-state index in [1.54, 1.807) is 12.1 Å². The van der Waals surface area contributed by atoms with Crippen LogP contribution in [0.5, 0.6) is 0 Å². The van der Waals surface area contributed by atoms with E-state index in [0.717, 1.165) is 31.4 Å². The molecule has 0 spiro atoms. The topological polar surface area (TPSA) is 83.7 Å². The second-order valence-corrected chi connectivity index (χ2v) is 9.35. The molecule has 1 atom stereocenters. The maximum atomic E-state index is 12.9. The summed E-state index contributed by atoms with van der Waals surface area (Å²) in [4.78, 5) is 15.2. The fraction of sp³-hybridized carbons (Fsp3) is 0.632. The van der Waals surface area contributed by atoms with Gasteiger partial charge in [0.1, 0.15) is 0 Å². The predicted octanol–water partition coefficient (Wildman–Crippen LogP) is 1.74. The summed E-state index contributed by atoms with van der Waals surface area (Å²) in [6.45, 7) is 4.01. The largest absolute Gasteiger partial charge is 0.338 e. The highest BCUT2D eigenvalue weighted by molar-refractivity contribution is 7.89. The highest BCUT2D eigenvalue weighted by Gasteiger charge is 2.36. The molecule has 144 valence electrons. The predicted molar refractivity (Wildman–Crippen MR) is 101 cm³/mol. The van der Waals surface area contributed by atoms with Gasteiger partial charge in [-0.2, -0.15) is 4.31 Å². The van der Waals surface area contributed by atoms with E-state index in [2.05, 4.69) is 0 Å². The van der Waals surface area contributed by atoms with E-state index < -0.39 is 10.0 Å². The first-order valence-electron chi connectivity index (χ1n) is 9.51. The van der Waals surface area contributed by atoms with Gasteiger partial charge in [-0.1, -0.05) is 17.7 Å². The first kappa shape index (κ1) is 19.3. The molecule has 0 bridgehead atoms. The van der Waals surface area contributed by atoms with Crippen molar-refractivity contribution in [2.24, 2.45) is 11.7 Å². The molecule has 0 aromatic heterocycles. The second-order valence-electron chi connectivity index (χ2n) is 7.41. The van der Waals surface area contributed by atoms with Crippen LogP contribution in [-0.2, 0) is 14.8 Å². The molecule has 1 aromatic rings. The highest BCUT2D eigenvalue weighted by Crippen LogP contribution is 2.27. The third-order valence-corrected chi connectivity index (χ3v) is 7.56. The van der Waals surface area contributed by atoms with E-state index in [4.69, 9.17) is 5.73 Å². The number of rotatable bonds is 4. The Morgan fingerprint density at radius 1 is 1.08 bits per heavy atom. The molecule has 2 aliphatic heterocycles. The van der Waals surface area contributed by atoms with Gasteiger partial charge in [-0.15, -0.1) is 0 Å². The molecular weight excluding hydrogens is 350 g/mol. The number of hydrogen-bond acceptors (Lipinski definition) is 4. The quantitative estimate of drug-likeness (QED) is 0.864. The smallest absolute Gasteiger partial charge is 0.243 e. The first-order chi connectivity index (χ1) is 12.4. The summed E-state index contributed by atoms with van der Waals surface area (Å²) >= 11 is 0. The number of sulfonamides is 1. The lowest BCUT2D eigenvalue weighted by Gasteiger charge is -2.39. The third kappa shape index (κ3) is 3.94. The van der Waals surface area contributed by atoms with Crippen molar-refractivity contribution in [2.45, 2.75) is 50.0 Å². The van der Waals surface area contributed by atoms with Gasteiger partial charge >= 0.3 is 0 Å². The number of benzene rings is 1. The van der Waals surface area contributed by atoms with Gasteiger partial charge in [0.05, 0.1) is 4.90 Å². The molecule has 7 heteroatoms. The van der Waals surface area contributed by atoms with Gasteiger partial charge in [0, 0.05) is 38.1 Å².